The number of nitrogens with zero attached hydrogens (tertiary/aromatic N) is 4. The first kappa shape index (κ1) is 17.0. The fraction of sp³-hybridized carbons (Fsp3) is 0. The van der Waals surface area contributed by atoms with Crippen LogP contribution in [0.4, 0.5) is 10.1 Å². The average molecular weight is 375 g/mol. The number of anilines is 1. The molecule has 0 aliphatic heterocycles. The van der Waals surface area contributed by atoms with Gasteiger partial charge in [0.1, 0.15) is 10.8 Å². The van der Waals surface area contributed by atoms with E-state index < -0.39 is 0 Å². The van der Waals surface area contributed by atoms with Crippen LogP contribution in [0.25, 0.3) is 21.1 Å². The van der Waals surface area contributed by atoms with Gasteiger partial charge in [-0.3, -0.25) is 10.4 Å². The van der Waals surface area contributed by atoms with Gasteiger partial charge in [-0.25, -0.2) is 14.4 Å². The summed E-state index contributed by atoms with van der Waals surface area (Å²) >= 11 is 1.55. The Morgan fingerprint density at radius 2 is 1.96 bits per heavy atom. The SMILES string of the molecule is Fc1cccc(N/N=C/c2cccc(-c3cnc(-c4cccnc4)s3)n2)c1. The summed E-state index contributed by atoms with van der Waals surface area (Å²) in [6, 6.07) is 15.7. The van der Waals surface area contributed by atoms with E-state index in [4.69, 9.17) is 0 Å². The first-order valence-corrected chi connectivity index (χ1v) is 8.98. The molecular formula is C20H14FN5S. The van der Waals surface area contributed by atoms with Crippen molar-refractivity contribution in [3.8, 4) is 21.1 Å². The summed E-state index contributed by atoms with van der Waals surface area (Å²) in [5, 5.41) is 5.01. The number of rotatable bonds is 5. The fourth-order valence-electron chi connectivity index (χ4n) is 2.41. The van der Waals surface area contributed by atoms with Gasteiger partial charge in [0.05, 0.1) is 28.2 Å². The van der Waals surface area contributed by atoms with Gasteiger partial charge >= 0.3 is 0 Å². The molecule has 0 atom stereocenters. The fourth-order valence-corrected chi connectivity index (χ4v) is 3.28. The lowest BCUT2D eigenvalue weighted by atomic mass is 10.3. The zero-order valence-electron chi connectivity index (χ0n) is 14.1. The number of benzene rings is 1. The van der Waals surface area contributed by atoms with E-state index in [0.29, 0.717) is 11.4 Å². The second-order valence-corrected chi connectivity index (χ2v) is 6.63. The molecule has 0 unspecified atom stereocenters. The smallest absolute Gasteiger partial charge is 0.125 e. The number of hydrazone groups is 1. The molecule has 0 radical (unpaired) electrons. The van der Waals surface area contributed by atoms with E-state index >= 15 is 0 Å². The Morgan fingerprint density at radius 1 is 1.04 bits per heavy atom. The van der Waals surface area contributed by atoms with Gasteiger partial charge < -0.3 is 0 Å². The summed E-state index contributed by atoms with van der Waals surface area (Å²) < 4.78 is 13.2. The van der Waals surface area contributed by atoms with Crippen LogP contribution in [0.3, 0.4) is 0 Å². The molecule has 0 spiro atoms. The van der Waals surface area contributed by atoms with E-state index in [1.807, 2.05) is 30.3 Å². The van der Waals surface area contributed by atoms with Gasteiger partial charge in [0.25, 0.3) is 0 Å². The molecule has 4 rings (SSSR count). The number of aromatic nitrogens is 3. The molecule has 0 aliphatic rings. The molecule has 4 aromatic rings. The minimum Gasteiger partial charge on any atom is -0.278 e. The Kier molecular flexibility index (Phi) is 4.93. The van der Waals surface area contributed by atoms with Crippen LogP contribution < -0.4 is 5.43 Å². The number of nitrogens with one attached hydrogen (secondary N) is 1. The highest BCUT2D eigenvalue weighted by Crippen LogP contribution is 2.30. The second-order valence-electron chi connectivity index (χ2n) is 5.60. The summed E-state index contributed by atoms with van der Waals surface area (Å²) in [6.45, 7) is 0. The maximum absolute atomic E-state index is 13.2. The third-order valence-corrected chi connectivity index (χ3v) is 4.72. The molecule has 7 heteroatoms. The molecular weight excluding hydrogens is 361 g/mol. The topological polar surface area (TPSA) is 63.1 Å². The molecule has 0 amide bonds. The molecule has 5 nitrogen and oxygen atoms in total. The van der Waals surface area contributed by atoms with Crippen molar-refractivity contribution in [1.82, 2.24) is 15.0 Å². The second kappa shape index (κ2) is 7.84. The zero-order chi connectivity index (χ0) is 18.5. The van der Waals surface area contributed by atoms with Crippen molar-refractivity contribution in [3.63, 3.8) is 0 Å². The van der Waals surface area contributed by atoms with Crippen molar-refractivity contribution in [1.29, 1.82) is 0 Å². The number of pyridine rings is 2. The molecule has 3 heterocycles. The summed E-state index contributed by atoms with van der Waals surface area (Å²) in [7, 11) is 0. The van der Waals surface area contributed by atoms with E-state index in [-0.39, 0.29) is 5.82 Å². The number of hydrogen-bond acceptors (Lipinski definition) is 6. The normalized spacial score (nSPS) is 11.0. The van der Waals surface area contributed by atoms with Crippen molar-refractivity contribution in [2.75, 3.05) is 5.43 Å². The Morgan fingerprint density at radius 3 is 2.81 bits per heavy atom. The van der Waals surface area contributed by atoms with Gasteiger partial charge in [-0.1, -0.05) is 12.1 Å². The predicted octanol–water partition coefficient (Wildman–Crippen LogP) is 4.85. The highest BCUT2D eigenvalue weighted by molar-refractivity contribution is 7.18. The lowest BCUT2D eigenvalue weighted by Gasteiger charge is -2.00. The zero-order valence-corrected chi connectivity index (χ0v) is 14.9. The van der Waals surface area contributed by atoms with Gasteiger partial charge in [-0.15, -0.1) is 11.3 Å². The minimum atomic E-state index is -0.315. The molecule has 0 saturated carbocycles. The number of halogens is 1. The number of thiazole rings is 1. The maximum Gasteiger partial charge on any atom is 0.125 e. The van der Waals surface area contributed by atoms with Crippen molar-refractivity contribution in [3.05, 3.63) is 84.7 Å². The lowest BCUT2D eigenvalue weighted by Crippen LogP contribution is -1.94. The summed E-state index contributed by atoms with van der Waals surface area (Å²) in [5.41, 5.74) is 5.85. The van der Waals surface area contributed by atoms with Crippen LogP contribution in [0.1, 0.15) is 5.69 Å². The first-order chi connectivity index (χ1) is 13.3. The van der Waals surface area contributed by atoms with Crippen molar-refractivity contribution >= 4 is 23.2 Å². The van der Waals surface area contributed by atoms with E-state index in [9.17, 15) is 4.39 Å². The monoisotopic (exact) mass is 375 g/mol. The van der Waals surface area contributed by atoms with Gasteiger partial charge in [0.2, 0.25) is 0 Å². The van der Waals surface area contributed by atoms with E-state index in [1.165, 1.54) is 12.1 Å². The molecule has 0 aliphatic carbocycles. The average Bonchev–Trinajstić information content (AvgIpc) is 3.19. The van der Waals surface area contributed by atoms with Crippen LogP contribution in [0.5, 0.6) is 0 Å². The van der Waals surface area contributed by atoms with E-state index in [1.54, 1.807) is 48.3 Å². The largest absolute Gasteiger partial charge is 0.278 e. The first-order valence-electron chi connectivity index (χ1n) is 8.16. The molecule has 1 N–H and O–H groups in total. The van der Waals surface area contributed by atoms with Crippen LogP contribution in [0.2, 0.25) is 0 Å². The van der Waals surface area contributed by atoms with E-state index in [0.717, 1.165) is 21.1 Å². The third kappa shape index (κ3) is 4.21. The number of hydrogen-bond donors (Lipinski definition) is 1. The van der Waals surface area contributed by atoms with Crippen LogP contribution in [0, 0.1) is 5.82 Å². The molecule has 3 aromatic heterocycles. The van der Waals surface area contributed by atoms with Crippen LogP contribution in [-0.2, 0) is 0 Å². The van der Waals surface area contributed by atoms with Crippen LogP contribution in [0.15, 0.2) is 78.3 Å². The summed E-state index contributed by atoms with van der Waals surface area (Å²) in [4.78, 5) is 14.1. The van der Waals surface area contributed by atoms with Crippen LogP contribution in [-0.4, -0.2) is 21.2 Å². The summed E-state index contributed by atoms with van der Waals surface area (Å²) in [5.74, 6) is -0.315. The van der Waals surface area contributed by atoms with Crippen LogP contribution >= 0.6 is 11.3 Å². The molecule has 1 aromatic carbocycles. The highest BCUT2D eigenvalue weighted by Gasteiger charge is 2.08. The Bertz CT molecular complexity index is 1080. The van der Waals surface area contributed by atoms with Gasteiger partial charge in [0.15, 0.2) is 0 Å². The lowest BCUT2D eigenvalue weighted by molar-refractivity contribution is 0.628. The minimum absolute atomic E-state index is 0.315. The van der Waals surface area contributed by atoms with Gasteiger partial charge in [-0.2, -0.15) is 5.10 Å². The molecule has 0 bridgehead atoms. The quantitative estimate of drug-likeness (QED) is 0.400. The predicted molar refractivity (Wildman–Crippen MR) is 106 cm³/mol. The third-order valence-electron chi connectivity index (χ3n) is 3.65. The maximum atomic E-state index is 13.2. The van der Waals surface area contributed by atoms with Crippen molar-refractivity contribution in [2.24, 2.45) is 5.10 Å². The molecule has 27 heavy (non-hydrogen) atoms. The molecule has 132 valence electrons. The Hall–Kier alpha value is -3.45. The summed E-state index contributed by atoms with van der Waals surface area (Å²) in [6.07, 6.45) is 6.93. The standard InChI is InChI=1S/C20H14FN5S/c21-15-5-1-6-16(10-15)26-24-12-17-7-2-8-18(25-17)19-13-23-20(27-19)14-4-3-9-22-11-14/h1-13,26H/b24-12+. The van der Waals surface area contributed by atoms with Gasteiger partial charge in [-0.05, 0) is 42.5 Å². The highest BCUT2D eigenvalue weighted by atomic mass is 32.1. The molecule has 0 fully saturated rings. The Balaban J connectivity index is 1.51. The van der Waals surface area contributed by atoms with E-state index in [2.05, 4.69) is 25.5 Å². The van der Waals surface area contributed by atoms with Crippen molar-refractivity contribution in [2.45, 2.75) is 0 Å². The van der Waals surface area contributed by atoms with Crippen molar-refractivity contribution < 1.29 is 4.39 Å². The molecule has 0 saturated heterocycles. The van der Waals surface area contributed by atoms with Gasteiger partial charge in [0, 0.05) is 24.2 Å². The Labute approximate surface area is 159 Å².